The molecule has 0 unspecified atom stereocenters. The Hall–Kier alpha value is -4.33. The van der Waals surface area contributed by atoms with E-state index in [1.165, 1.54) is 18.2 Å². The van der Waals surface area contributed by atoms with Crippen LogP contribution in [0.25, 0.3) is 11.3 Å². The third kappa shape index (κ3) is 5.97. The first-order valence-corrected chi connectivity index (χ1v) is 11.3. The van der Waals surface area contributed by atoms with Crippen LogP contribution in [0.2, 0.25) is 0 Å². The van der Waals surface area contributed by atoms with Gasteiger partial charge in [0.15, 0.2) is 0 Å². The lowest BCUT2D eigenvalue weighted by molar-refractivity contribution is 0.102. The number of amides is 1. The van der Waals surface area contributed by atoms with Gasteiger partial charge in [0, 0.05) is 30.6 Å². The molecule has 0 aliphatic carbocycles. The Balaban J connectivity index is 1.57. The molecular formula is C27H25FN4O3. The van der Waals surface area contributed by atoms with Crippen molar-refractivity contribution < 1.29 is 18.7 Å². The van der Waals surface area contributed by atoms with E-state index in [0.717, 1.165) is 0 Å². The number of hydrogen-bond acceptors (Lipinski definition) is 6. The fourth-order valence-electron chi connectivity index (χ4n) is 3.36. The van der Waals surface area contributed by atoms with E-state index >= 15 is 0 Å². The lowest BCUT2D eigenvalue weighted by Crippen LogP contribution is -2.14. The molecule has 0 fully saturated rings. The molecule has 0 bridgehead atoms. The molecule has 7 nitrogen and oxygen atoms in total. The number of aryl methyl sites for hydroxylation is 1. The van der Waals surface area contributed by atoms with E-state index in [1.807, 2.05) is 26.8 Å². The second-order valence-corrected chi connectivity index (χ2v) is 7.96. The third-order valence-corrected chi connectivity index (χ3v) is 4.93. The summed E-state index contributed by atoms with van der Waals surface area (Å²) in [5.74, 6) is 0.561. The van der Waals surface area contributed by atoms with Crippen molar-refractivity contribution in [2.45, 2.75) is 33.3 Å². The zero-order valence-electron chi connectivity index (χ0n) is 19.7. The molecule has 0 saturated carbocycles. The van der Waals surface area contributed by atoms with E-state index in [1.54, 1.807) is 48.8 Å². The number of nitrogens with one attached hydrogen (secondary N) is 1. The SMILES string of the molecule is CCc1nccc(-c2cccnc2Oc2ccc(F)c(C(=O)Nc3cccc(OC(C)C)c3)c2)n1. The highest BCUT2D eigenvalue weighted by atomic mass is 19.1. The monoisotopic (exact) mass is 472 g/mol. The Kier molecular flexibility index (Phi) is 7.30. The lowest BCUT2D eigenvalue weighted by atomic mass is 10.1. The van der Waals surface area contributed by atoms with Crippen LogP contribution in [0.4, 0.5) is 10.1 Å². The largest absolute Gasteiger partial charge is 0.491 e. The summed E-state index contributed by atoms with van der Waals surface area (Å²) < 4.78 is 26.2. The minimum Gasteiger partial charge on any atom is -0.491 e. The molecule has 2 aromatic carbocycles. The molecule has 0 radical (unpaired) electrons. The molecule has 0 atom stereocenters. The van der Waals surface area contributed by atoms with Crippen LogP contribution in [-0.2, 0) is 6.42 Å². The molecule has 4 rings (SSSR count). The quantitative estimate of drug-likeness (QED) is 0.335. The van der Waals surface area contributed by atoms with Gasteiger partial charge in [-0.3, -0.25) is 4.79 Å². The van der Waals surface area contributed by atoms with Gasteiger partial charge >= 0.3 is 0 Å². The van der Waals surface area contributed by atoms with Gasteiger partial charge in [-0.25, -0.2) is 19.3 Å². The highest BCUT2D eigenvalue weighted by Crippen LogP contribution is 2.31. The minimum atomic E-state index is -0.672. The van der Waals surface area contributed by atoms with E-state index in [2.05, 4.69) is 20.3 Å². The molecule has 0 aliphatic heterocycles. The Labute approximate surface area is 203 Å². The van der Waals surface area contributed by atoms with Crippen molar-refractivity contribution in [3.63, 3.8) is 0 Å². The number of rotatable bonds is 8. The first-order chi connectivity index (χ1) is 16.9. The summed E-state index contributed by atoms with van der Waals surface area (Å²) in [7, 11) is 0. The average molecular weight is 473 g/mol. The summed E-state index contributed by atoms with van der Waals surface area (Å²) in [5.41, 5.74) is 1.64. The summed E-state index contributed by atoms with van der Waals surface area (Å²) >= 11 is 0. The molecule has 0 aliphatic rings. The Morgan fingerprint density at radius 3 is 2.66 bits per heavy atom. The van der Waals surface area contributed by atoms with Crippen molar-refractivity contribution in [1.29, 1.82) is 0 Å². The molecule has 2 aromatic heterocycles. The number of pyridine rings is 1. The van der Waals surface area contributed by atoms with Crippen LogP contribution in [-0.4, -0.2) is 27.0 Å². The molecule has 1 amide bonds. The van der Waals surface area contributed by atoms with Crippen molar-refractivity contribution in [3.8, 4) is 28.6 Å². The molecule has 0 spiro atoms. The highest BCUT2D eigenvalue weighted by Gasteiger charge is 2.16. The van der Waals surface area contributed by atoms with Gasteiger partial charge in [0.2, 0.25) is 5.88 Å². The fraction of sp³-hybridized carbons (Fsp3) is 0.185. The summed E-state index contributed by atoms with van der Waals surface area (Å²) in [6.45, 7) is 5.79. The predicted octanol–water partition coefficient (Wildman–Crippen LogP) is 6.07. The Bertz CT molecular complexity index is 1340. The van der Waals surface area contributed by atoms with Crippen molar-refractivity contribution in [2.24, 2.45) is 0 Å². The zero-order chi connectivity index (χ0) is 24.8. The zero-order valence-corrected chi connectivity index (χ0v) is 19.7. The minimum absolute atomic E-state index is 0.0142. The summed E-state index contributed by atoms with van der Waals surface area (Å²) in [5, 5.41) is 2.71. The topological polar surface area (TPSA) is 86.2 Å². The van der Waals surface area contributed by atoms with Crippen LogP contribution in [0, 0.1) is 5.82 Å². The van der Waals surface area contributed by atoms with Crippen molar-refractivity contribution in [2.75, 3.05) is 5.32 Å². The maximum absolute atomic E-state index is 14.6. The predicted molar refractivity (Wildman–Crippen MR) is 131 cm³/mol. The van der Waals surface area contributed by atoms with Gasteiger partial charge in [0.1, 0.15) is 23.1 Å². The fourth-order valence-corrected chi connectivity index (χ4v) is 3.36. The van der Waals surface area contributed by atoms with Crippen LogP contribution < -0.4 is 14.8 Å². The molecule has 4 aromatic rings. The number of aromatic nitrogens is 3. The van der Waals surface area contributed by atoms with Crippen LogP contribution >= 0.6 is 0 Å². The summed E-state index contributed by atoms with van der Waals surface area (Å²) in [6.07, 6.45) is 3.94. The number of carbonyl (C=O) groups excluding carboxylic acids is 1. The van der Waals surface area contributed by atoms with E-state index in [-0.39, 0.29) is 23.3 Å². The van der Waals surface area contributed by atoms with Gasteiger partial charge in [-0.15, -0.1) is 0 Å². The molecule has 2 heterocycles. The standard InChI is InChI=1S/C27H25FN4O3/c1-4-25-29-14-12-24(32-25)21-9-6-13-30-27(21)35-20-10-11-23(28)22(16-20)26(33)31-18-7-5-8-19(15-18)34-17(2)3/h5-17H,4H2,1-3H3,(H,31,33). The highest BCUT2D eigenvalue weighted by molar-refractivity contribution is 6.04. The number of benzene rings is 2. The maximum Gasteiger partial charge on any atom is 0.258 e. The number of hydrogen-bond donors (Lipinski definition) is 1. The average Bonchev–Trinajstić information content (AvgIpc) is 2.85. The third-order valence-electron chi connectivity index (χ3n) is 4.93. The second-order valence-electron chi connectivity index (χ2n) is 7.96. The van der Waals surface area contributed by atoms with Gasteiger partial charge in [-0.05, 0) is 62.4 Å². The Morgan fingerprint density at radius 2 is 1.86 bits per heavy atom. The first-order valence-electron chi connectivity index (χ1n) is 11.3. The Morgan fingerprint density at radius 1 is 1.00 bits per heavy atom. The van der Waals surface area contributed by atoms with E-state index in [4.69, 9.17) is 9.47 Å². The van der Waals surface area contributed by atoms with Gasteiger partial charge < -0.3 is 14.8 Å². The number of ether oxygens (including phenoxy) is 2. The summed E-state index contributed by atoms with van der Waals surface area (Å²) in [4.78, 5) is 25.9. The molecule has 0 saturated heterocycles. The van der Waals surface area contributed by atoms with Gasteiger partial charge in [-0.1, -0.05) is 13.0 Å². The maximum atomic E-state index is 14.6. The lowest BCUT2D eigenvalue weighted by Gasteiger charge is -2.13. The normalized spacial score (nSPS) is 10.8. The van der Waals surface area contributed by atoms with E-state index in [9.17, 15) is 9.18 Å². The van der Waals surface area contributed by atoms with Crippen molar-refractivity contribution in [3.05, 3.63) is 90.3 Å². The van der Waals surface area contributed by atoms with Crippen molar-refractivity contribution in [1.82, 2.24) is 15.0 Å². The van der Waals surface area contributed by atoms with Crippen molar-refractivity contribution >= 4 is 11.6 Å². The van der Waals surface area contributed by atoms with E-state index < -0.39 is 11.7 Å². The first kappa shape index (κ1) is 23.8. The van der Waals surface area contributed by atoms with E-state index in [0.29, 0.717) is 34.9 Å². The molecular weight excluding hydrogens is 447 g/mol. The molecule has 178 valence electrons. The van der Waals surface area contributed by atoms with Gasteiger partial charge in [0.05, 0.1) is 22.9 Å². The number of nitrogens with zero attached hydrogens (tertiary/aromatic N) is 3. The number of carbonyl (C=O) groups is 1. The van der Waals surface area contributed by atoms with Crippen LogP contribution in [0.1, 0.15) is 37.0 Å². The molecule has 1 N–H and O–H groups in total. The smallest absolute Gasteiger partial charge is 0.258 e. The van der Waals surface area contributed by atoms with Gasteiger partial charge in [0.25, 0.3) is 5.91 Å². The number of halogens is 1. The van der Waals surface area contributed by atoms with Gasteiger partial charge in [-0.2, -0.15) is 0 Å². The number of anilines is 1. The van der Waals surface area contributed by atoms with Crippen LogP contribution in [0.3, 0.4) is 0 Å². The molecule has 8 heteroatoms. The summed E-state index contributed by atoms with van der Waals surface area (Å²) in [6, 6.07) is 16.3. The molecule has 35 heavy (non-hydrogen) atoms. The van der Waals surface area contributed by atoms with Crippen LogP contribution in [0.5, 0.6) is 17.4 Å². The van der Waals surface area contributed by atoms with Crippen LogP contribution in [0.15, 0.2) is 73.1 Å². The second kappa shape index (κ2) is 10.7.